The van der Waals surface area contributed by atoms with Crippen molar-refractivity contribution in [1.82, 2.24) is 25.1 Å². The smallest absolute Gasteiger partial charge is 0.181 e. The second-order valence-electron chi connectivity index (χ2n) is 5.14. The number of hydrogen-bond acceptors (Lipinski definition) is 4. The molecule has 1 aromatic heterocycles. The van der Waals surface area contributed by atoms with Crippen molar-refractivity contribution in [2.24, 2.45) is 0 Å². The zero-order chi connectivity index (χ0) is 15.4. The molecule has 0 radical (unpaired) electrons. The van der Waals surface area contributed by atoms with Crippen LogP contribution in [-0.4, -0.2) is 39.2 Å². The van der Waals surface area contributed by atoms with Crippen molar-refractivity contribution < 1.29 is 0 Å². The van der Waals surface area contributed by atoms with Gasteiger partial charge in [-0.2, -0.15) is 4.68 Å². The van der Waals surface area contributed by atoms with E-state index >= 15 is 0 Å². The monoisotopic (exact) mass is 291 g/mol. The third-order valence-corrected chi connectivity index (χ3v) is 3.23. The summed E-state index contributed by atoms with van der Waals surface area (Å²) in [5.41, 5.74) is 3.30. The second-order valence-corrected chi connectivity index (χ2v) is 5.14. The Hall–Kier alpha value is -2.95. The molecule has 0 fully saturated rings. The van der Waals surface area contributed by atoms with Crippen LogP contribution >= 0.6 is 0 Å². The topological polar surface area (TPSA) is 46.8 Å². The number of benzene rings is 2. The van der Waals surface area contributed by atoms with Crippen molar-refractivity contribution in [3.8, 4) is 16.8 Å². The van der Waals surface area contributed by atoms with Crippen LogP contribution in [0.3, 0.4) is 0 Å². The van der Waals surface area contributed by atoms with E-state index in [0.717, 1.165) is 5.69 Å². The zero-order valence-electron chi connectivity index (χ0n) is 12.6. The third kappa shape index (κ3) is 3.03. The minimum absolute atomic E-state index is 0.696. The van der Waals surface area contributed by atoms with Crippen molar-refractivity contribution in [3.63, 3.8) is 0 Å². The summed E-state index contributed by atoms with van der Waals surface area (Å²) in [4.78, 5) is 1.94. The molecular weight excluding hydrogens is 274 g/mol. The van der Waals surface area contributed by atoms with Crippen LogP contribution in [0, 0.1) is 0 Å². The summed E-state index contributed by atoms with van der Waals surface area (Å²) in [6.07, 6.45) is 3.80. The first-order valence-electron chi connectivity index (χ1n) is 7.03. The van der Waals surface area contributed by atoms with Gasteiger partial charge in [-0.05, 0) is 33.7 Å². The summed E-state index contributed by atoms with van der Waals surface area (Å²) < 4.78 is 1.72. The molecule has 0 saturated carbocycles. The van der Waals surface area contributed by atoms with Gasteiger partial charge in [-0.3, -0.25) is 0 Å². The molecule has 2 aromatic carbocycles. The summed E-state index contributed by atoms with van der Waals surface area (Å²) >= 11 is 0. The van der Waals surface area contributed by atoms with E-state index < -0.39 is 0 Å². The van der Waals surface area contributed by atoms with Crippen molar-refractivity contribution in [2.75, 3.05) is 14.1 Å². The predicted molar refractivity (Wildman–Crippen MR) is 87.3 cm³/mol. The Kier molecular flexibility index (Phi) is 3.96. The molecule has 5 heteroatoms. The summed E-state index contributed by atoms with van der Waals surface area (Å²) in [5.74, 6) is 0.696. The van der Waals surface area contributed by atoms with Gasteiger partial charge in [0.1, 0.15) is 0 Å². The summed E-state index contributed by atoms with van der Waals surface area (Å²) in [7, 11) is 3.92. The molecule has 0 atom stereocenters. The maximum Gasteiger partial charge on any atom is 0.181 e. The fourth-order valence-corrected chi connectivity index (χ4v) is 2.12. The highest BCUT2D eigenvalue weighted by molar-refractivity contribution is 5.64. The van der Waals surface area contributed by atoms with Crippen molar-refractivity contribution in [3.05, 3.63) is 66.6 Å². The van der Waals surface area contributed by atoms with E-state index in [9.17, 15) is 0 Å². The lowest BCUT2D eigenvalue weighted by atomic mass is 10.1. The van der Waals surface area contributed by atoms with Gasteiger partial charge in [-0.15, -0.1) is 5.10 Å². The Morgan fingerprint density at radius 3 is 2.27 bits per heavy atom. The molecule has 0 aliphatic rings. The van der Waals surface area contributed by atoms with E-state index in [0.29, 0.717) is 5.82 Å². The third-order valence-electron chi connectivity index (χ3n) is 3.23. The number of hydrogen-bond donors (Lipinski definition) is 0. The van der Waals surface area contributed by atoms with Gasteiger partial charge in [-0.25, -0.2) is 0 Å². The molecule has 1 heterocycles. The lowest BCUT2D eigenvalue weighted by Gasteiger charge is -2.06. The van der Waals surface area contributed by atoms with E-state index in [1.54, 1.807) is 4.68 Å². The van der Waals surface area contributed by atoms with E-state index in [2.05, 4.69) is 39.8 Å². The molecule has 0 spiro atoms. The number of rotatable bonds is 4. The van der Waals surface area contributed by atoms with Gasteiger partial charge in [-0.1, -0.05) is 42.5 Å². The minimum atomic E-state index is 0.696. The molecule has 3 aromatic rings. The van der Waals surface area contributed by atoms with Crippen molar-refractivity contribution >= 4 is 6.08 Å². The molecule has 110 valence electrons. The van der Waals surface area contributed by atoms with E-state index in [4.69, 9.17) is 0 Å². The highest BCUT2D eigenvalue weighted by atomic mass is 15.5. The Morgan fingerprint density at radius 2 is 1.59 bits per heavy atom. The predicted octanol–water partition coefficient (Wildman–Crippen LogP) is 2.86. The zero-order valence-corrected chi connectivity index (χ0v) is 12.6. The summed E-state index contributed by atoms with van der Waals surface area (Å²) in [5, 5.41) is 11.8. The molecule has 0 aliphatic carbocycles. The second kappa shape index (κ2) is 6.22. The van der Waals surface area contributed by atoms with E-state index in [1.165, 1.54) is 11.1 Å². The Labute approximate surface area is 129 Å². The van der Waals surface area contributed by atoms with E-state index in [-0.39, 0.29) is 0 Å². The lowest BCUT2D eigenvalue weighted by Crippen LogP contribution is -2.03. The highest BCUT2D eigenvalue weighted by Crippen LogP contribution is 2.20. The van der Waals surface area contributed by atoms with Gasteiger partial charge in [0.25, 0.3) is 0 Å². The SMILES string of the molecule is CN(C)C=Cc1nnnn1-c1ccc(-c2ccccc2)cc1. The normalized spacial score (nSPS) is 11.0. The number of aromatic nitrogens is 4. The van der Waals surface area contributed by atoms with Crippen LogP contribution < -0.4 is 0 Å². The fourth-order valence-electron chi connectivity index (χ4n) is 2.12. The van der Waals surface area contributed by atoms with Crippen LogP contribution in [0.25, 0.3) is 22.9 Å². The van der Waals surface area contributed by atoms with Crippen molar-refractivity contribution in [1.29, 1.82) is 0 Å². The van der Waals surface area contributed by atoms with E-state index in [1.807, 2.05) is 61.6 Å². The minimum Gasteiger partial charge on any atom is -0.383 e. The van der Waals surface area contributed by atoms with Gasteiger partial charge < -0.3 is 4.90 Å². The Morgan fingerprint density at radius 1 is 0.909 bits per heavy atom. The maximum atomic E-state index is 4.05. The summed E-state index contributed by atoms with van der Waals surface area (Å²) in [6, 6.07) is 18.5. The molecule has 0 N–H and O–H groups in total. The standard InChI is InChI=1S/C17H17N5/c1-21(2)13-12-17-18-19-20-22(17)16-10-8-15(9-11-16)14-6-4-3-5-7-14/h3-13H,1-2H3. The Bertz CT molecular complexity index is 757. The average Bonchev–Trinajstić information content (AvgIpc) is 3.02. The molecule has 0 unspecified atom stereocenters. The first-order chi connectivity index (χ1) is 10.7. The molecule has 0 amide bonds. The summed E-state index contributed by atoms with van der Waals surface area (Å²) in [6.45, 7) is 0. The molecule has 22 heavy (non-hydrogen) atoms. The van der Waals surface area contributed by atoms with Crippen LogP contribution in [0.4, 0.5) is 0 Å². The van der Waals surface area contributed by atoms with Crippen LogP contribution in [0.2, 0.25) is 0 Å². The quantitative estimate of drug-likeness (QED) is 0.741. The van der Waals surface area contributed by atoms with Crippen LogP contribution in [0.1, 0.15) is 5.82 Å². The van der Waals surface area contributed by atoms with Crippen LogP contribution in [0.5, 0.6) is 0 Å². The highest BCUT2D eigenvalue weighted by Gasteiger charge is 2.05. The maximum absolute atomic E-state index is 4.05. The van der Waals surface area contributed by atoms with Gasteiger partial charge >= 0.3 is 0 Å². The van der Waals surface area contributed by atoms with Gasteiger partial charge in [0.2, 0.25) is 0 Å². The Balaban J connectivity index is 1.89. The molecule has 3 rings (SSSR count). The number of nitrogens with zero attached hydrogens (tertiary/aromatic N) is 5. The molecule has 0 bridgehead atoms. The van der Waals surface area contributed by atoms with Crippen LogP contribution in [-0.2, 0) is 0 Å². The van der Waals surface area contributed by atoms with Gasteiger partial charge in [0.05, 0.1) is 5.69 Å². The molecular formula is C17H17N5. The first-order valence-corrected chi connectivity index (χ1v) is 7.03. The average molecular weight is 291 g/mol. The van der Waals surface area contributed by atoms with Crippen LogP contribution in [0.15, 0.2) is 60.8 Å². The number of tetrazole rings is 1. The molecule has 0 aliphatic heterocycles. The fraction of sp³-hybridized carbons (Fsp3) is 0.118. The lowest BCUT2D eigenvalue weighted by molar-refractivity contribution is 0.567. The molecule has 5 nitrogen and oxygen atoms in total. The van der Waals surface area contributed by atoms with Crippen molar-refractivity contribution in [2.45, 2.75) is 0 Å². The first kappa shape index (κ1) is 14.0. The van der Waals surface area contributed by atoms with Gasteiger partial charge in [0, 0.05) is 26.4 Å². The largest absolute Gasteiger partial charge is 0.383 e. The van der Waals surface area contributed by atoms with Gasteiger partial charge in [0.15, 0.2) is 5.82 Å². The molecule has 0 saturated heterocycles.